The van der Waals surface area contributed by atoms with Gasteiger partial charge in [0.1, 0.15) is 11.9 Å². The lowest BCUT2D eigenvalue weighted by Gasteiger charge is -2.35. The van der Waals surface area contributed by atoms with E-state index < -0.39 is 17.2 Å². The number of hydrogen-bond acceptors (Lipinski definition) is 6. The molecule has 2 aromatic rings. The fourth-order valence-electron chi connectivity index (χ4n) is 4.38. The molecule has 1 fully saturated rings. The second-order valence-corrected chi connectivity index (χ2v) is 9.83. The highest BCUT2D eigenvalue weighted by Gasteiger charge is 2.34. The van der Waals surface area contributed by atoms with E-state index in [9.17, 15) is 9.59 Å². The van der Waals surface area contributed by atoms with Crippen molar-refractivity contribution in [2.24, 2.45) is 0 Å². The van der Waals surface area contributed by atoms with Crippen LogP contribution in [0.4, 0.5) is 4.79 Å². The molecule has 0 saturated heterocycles. The number of hydrogen-bond donors (Lipinski definition) is 2. The lowest BCUT2D eigenvalue weighted by molar-refractivity contribution is -0.121. The molecule has 9 nitrogen and oxygen atoms in total. The molecule has 0 aromatic carbocycles. The Morgan fingerprint density at radius 2 is 1.84 bits per heavy atom. The molecule has 9 heteroatoms. The van der Waals surface area contributed by atoms with Gasteiger partial charge in [0.2, 0.25) is 5.91 Å². The molecule has 2 aromatic heterocycles. The van der Waals surface area contributed by atoms with E-state index in [2.05, 4.69) is 25.7 Å². The van der Waals surface area contributed by atoms with Crippen LogP contribution in [0.5, 0.6) is 0 Å². The Labute approximate surface area is 189 Å². The number of ether oxygens (including phenoxy) is 1. The third-order valence-corrected chi connectivity index (χ3v) is 6.04. The monoisotopic (exact) mass is 444 g/mol. The van der Waals surface area contributed by atoms with Crippen LogP contribution in [0.15, 0.2) is 6.33 Å². The average molecular weight is 445 g/mol. The molecule has 2 amide bonds. The summed E-state index contributed by atoms with van der Waals surface area (Å²) in [5, 5.41) is 10.4. The van der Waals surface area contributed by atoms with Crippen molar-refractivity contribution in [3.8, 4) is 0 Å². The zero-order valence-corrected chi connectivity index (χ0v) is 20.0. The maximum atomic E-state index is 12.7. The lowest BCUT2D eigenvalue weighted by atomic mass is 9.90. The minimum atomic E-state index is -0.561. The number of carbonyl (C=O) groups excluding carboxylic acids is 2. The van der Waals surface area contributed by atoms with Crippen LogP contribution in [0, 0.1) is 13.8 Å². The van der Waals surface area contributed by atoms with Gasteiger partial charge in [-0.2, -0.15) is 10.1 Å². The fraction of sp³-hybridized carbons (Fsp3) is 0.696. The minimum Gasteiger partial charge on any atom is -0.444 e. The van der Waals surface area contributed by atoms with Crippen molar-refractivity contribution in [2.75, 3.05) is 6.54 Å². The molecule has 1 aliphatic carbocycles. The largest absolute Gasteiger partial charge is 0.444 e. The van der Waals surface area contributed by atoms with Gasteiger partial charge in [0, 0.05) is 24.4 Å². The number of nitrogens with zero attached hydrogens (tertiary/aromatic N) is 4. The average Bonchev–Trinajstić information content (AvgIpc) is 3.04. The number of amides is 2. The number of fused-ring (bicyclic) bond motifs is 1. The number of nitrogens with one attached hydrogen (secondary N) is 2. The Kier molecular flexibility index (Phi) is 7.36. The van der Waals surface area contributed by atoms with Crippen LogP contribution < -0.4 is 10.6 Å². The molecule has 0 radical (unpaired) electrons. The normalized spacial score (nSPS) is 16.4. The van der Waals surface area contributed by atoms with Gasteiger partial charge in [-0.3, -0.25) is 4.79 Å². The quantitative estimate of drug-likeness (QED) is 0.661. The molecule has 0 spiro atoms. The molecule has 0 atom stereocenters. The van der Waals surface area contributed by atoms with Crippen LogP contribution in [-0.2, 0) is 16.0 Å². The molecule has 0 bridgehead atoms. The van der Waals surface area contributed by atoms with Crippen molar-refractivity contribution in [1.29, 1.82) is 0 Å². The van der Waals surface area contributed by atoms with Gasteiger partial charge in [0.05, 0.1) is 5.54 Å². The topological polar surface area (TPSA) is 111 Å². The third-order valence-electron chi connectivity index (χ3n) is 6.04. The highest BCUT2D eigenvalue weighted by atomic mass is 16.6. The molecule has 0 unspecified atom stereocenters. The Balaban J connectivity index is 1.62. The van der Waals surface area contributed by atoms with Gasteiger partial charge in [-0.1, -0.05) is 25.7 Å². The smallest absolute Gasteiger partial charge is 0.408 e. The zero-order chi connectivity index (χ0) is 23.4. The molecule has 2 N–H and O–H groups in total. The van der Waals surface area contributed by atoms with E-state index >= 15 is 0 Å². The molecule has 1 saturated carbocycles. The second kappa shape index (κ2) is 9.83. The summed E-state index contributed by atoms with van der Waals surface area (Å²) in [4.78, 5) is 33.8. The van der Waals surface area contributed by atoms with Crippen molar-refractivity contribution in [3.05, 3.63) is 23.3 Å². The fourth-order valence-corrected chi connectivity index (χ4v) is 4.38. The van der Waals surface area contributed by atoms with Gasteiger partial charge >= 0.3 is 6.09 Å². The highest BCUT2D eigenvalue weighted by Crippen LogP contribution is 2.27. The van der Waals surface area contributed by atoms with Crippen LogP contribution in [0.3, 0.4) is 0 Å². The molecular weight excluding hydrogens is 408 g/mol. The van der Waals surface area contributed by atoms with Crippen molar-refractivity contribution in [2.45, 2.75) is 97.1 Å². The van der Waals surface area contributed by atoms with Gasteiger partial charge in [0.15, 0.2) is 0 Å². The predicted molar refractivity (Wildman–Crippen MR) is 121 cm³/mol. The van der Waals surface area contributed by atoms with E-state index in [-0.39, 0.29) is 5.91 Å². The Morgan fingerprint density at radius 3 is 2.50 bits per heavy atom. The van der Waals surface area contributed by atoms with Gasteiger partial charge in [-0.15, -0.1) is 0 Å². The van der Waals surface area contributed by atoms with Crippen LogP contribution >= 0.6 is 0 Å². The number of aryl methyl sites for hydroxylation is 2. The molecule has 2 heterocycles. The second-order valence-electron chi connectivity index (χ2n) is 9.83. The van der Waals surface area contributed by atoms with E-state index in [4.69, 9.17) is 4.74 Å². The summed E-state index contributed by atoms with van der Waals surface area (Å²) in [5.74, 6) is 0.522. The number of carbonyl (C=O) groups is 2. The summed E-state index contributed by atoms with van der Waals surface area (Å²) >= 11 is 0. The van der Waals surface area contributed by atoms with E-state index in [0.717, 1.165) is 55.5 Å². The van der Waals surface area contributed by atoms with Crippen molar-refractivity contribution >= 4 is 17.8 Å². The minimum absolute atomic E-state index is 0.0444. The molecule has 3 rings (SSSR count). The zero-order valence-electron chi connectivity index (χ0n) is 20.0. The summed E-state index contributed by atoms with van der Waals surface area (Å²) in [7, 11) is 0. The SMILES string of the molecule is Cc1nc2ncnn2c(C)c1CCC(=O)NCC1(NC(=O)OC(C)(C)C)CCCCCC1. The maximum Gasteiger partial charge on any atom is 0.408 e. The Hall–Kier alpha value is -2.71. The first kappa shape index (κ1) is 23.9. The van der Waals surface area contributed by atoms with Crippen LogP contribution in [0.1, 0.15) is 82.7 Å². The molecule has 176 valence electrons. The maximum absolute atomic E-state index is 12.7. The molecule has 1 aliphatic rings. The standard InChI is InChI=1S/C23H36N6O3/c1-16-18(17(2)29-20(27-16)25-15-26-29)10-11-19(30)24-14-23(12-8-6-7-9-13-23)28-21(31)32-22(3,4)5/h15H,6-14H2,1-5H3,(H,24,30)(H,28,31). The summed E-state index contributed by atoms with van der Waals surface area (Å²) in [6.07, 6.45) is 7.95. The summed E-state index contributed by atoms with van der Waals surface area (Å²) in [6.45, 7) is 9.86. The van der Waals surface area contributed by atoms with E-state index in [0.29, 0.717) is 25.2 Å². The predicted octanol–water partition coefficient (Wildman–Crippen LogP) is 3.41. The lowest BCUT2D eigenvalue weighted by Crippen LogP contribution is -2.56. The van der Waals surface area contributed by atoms with Crippen molar-refractivity contribution in [3.63, 3.8) is 0 Å². The van der Waals surface area contributed by atoms with Crippen molar-refractivity contribution in [1.82, 2.24) is 30.2 Å². The molecular formula is C23H36N6O3. The van der Waals surface area contributed by atoms with Crippen molar-refractivity contribution < 1.29 is 14.3 Å². The number of aromatic nitrogens is 4. The Bertz CT molecular complexity index is 955. The summed E-state index contributed by atoms with van der Waals surface area (Å²) < 4.78 is 7.19. The van der Waals surface area contributed by atoms with Gasteiger partial charge < -0.3 is 15.4 Å². The number of alkyl carbamates (subject to hydrolysis) is 1. The van der Waals surface area contributed by atoms with Crippen LogP contribution in [-0.4, -0.2) is 49.3 Å². The van der Waals surface area contributed by atoms with Gasteiger partial charge in [-0.05, 0) is 59.4 Å². The Morgan fingerprint density at radius 1 is 1.16 bits per heavy atom. The number of rotatable bonds is 6. The summed E-state index contributed by atoms with van der Waals surface area (Å²) in [6, 6.07) is 0. The first-order valence-corrected chi connectivity index (χ1v) is 11.5. The van der Waals surface area contributed by atoms with Crippen LogP contribution in [0.2, 0.25) is 0 Å². The summed E-state index contributed by atoms with van der Waals surface area (Å²) in [5.41, 5.74) is 1.79. The molecule has 32 heavy (non-hydrogen) atoms. The first-order chi connectivity index (χ1) is 15.1. The molecule has 0 aliphatic heterocycles. The third kappa shape index (κ3) is 6.17. The van der Waals surface area contributed by atoms with Gasteiger partial charge in [0.25, 0.3) is 5.78 Å². The van der Waals surface area contributed by atoms with Gasteiger partial charge in [-0.25, -0.2) is 14.3 Å². The highest BCUT2D eigenvalue weighted by molar-refractivity contribution is 5.76. The van der Waals surface area contributed by atoms with Crippen LogP contribution in [0.25, 0.3) is 5.78 Å². The first-order valence-electron chi connectivity index (χ1n) is 11.5. The van der Waals surface area contributed by atoms with E-state index in [1.54, 1.807) is 4.52 Å². The van der Waals surface area contributed by atoms with E-state index in [1.807, 2.05) is 34.6 Å². The van der Waals surface area contributed by atoms with E-state index in [1.165, 1.54) is 6.33 Å².